The van der Waals surface area contributed by atoms with Gasteiger partial charge in [0.2, 0.25) is 17.7 Å². The molecule has 0 aromatic carbocycles. The highest BCUT2D eigenvalue weighted by atomic mass is 16.3. The number of carbonyl (C=O) groups is 4. The van der Waals surface area contributed by atoms with E-state index in [1.807, 2.05) is 20.8 Å². The highest BCUT2D eigenvalue weighted by Crippen LogP contribution is 2.71. The van der Waals surface area contributed by atoms with Gasteiger partial charge in [-0.15, -0.1) is 0 Å². The first-order valence-electron chi connectivity index (χ1n) is 9.98. The molecule has 0 radical (unpaired) electrons. The molecule has 152 valence electrons. The summed E-state index contributed by atoms with van der Waals surface area (Å²) in [6.07, 6.45) is -0.473. The fourth-order valence-corrected chi connectivity index (χ4v) is 7.58. The third-order valence-electron chi connectivity index (χ3n) is 9.27. The summed E-state index contributed by atoms with van der Waals surface area (Å²) in [4.78, 5) is 57.4. The van der Waals surface area contributed by atoms with E-state index in [4.69, 9.17) is 0 Å². The lowest BCUT2D eigenvalue weighted by molar-refractivity contribution is -0.192. The van der Waals surface area contributed by atoms with Crippen LogP contribution in [0.4, 0.5) is 0 Å². The lowest BCUT2D eigenvalue weighted by atomic mass is 9.56. The molecule has 6 rings (SSSR count). The van der Waals surface area contributed by atoms with E-state index in [9.17, 15) is 24.3 Å². The number of aliphatic hydroxyl groups is 1. The van der Waals surface area contributed by atoms with Gasteiger partial charge in [-0.1, -0.05) is 20.8 Å². The van der Waals surface area contributed by atoms with Crippen molar-refractivity contribution < 1.29 is 24.3 Å². The Hall–Kier alpha value is -1.96. The van der Waals surface area contributed by atoms with E-state index in [1.54, 1.807) is 16.8 Å². The highest BCUT2D eigenvalue weighted by molar-refractivity contribution is 6.15. The summed E-state index contributed by atoms with van der Waals surface area (Å²) in [6.45, 7) is 6.16. The highest BCUT2D eigenvalue weighted by Gasteiger charge is 2.83. The molecule has 28 heavy (non-hydrogen) atoms. The third-order valence-corrected chi connectivity index (χ3v) is 9.27. The molecule has 1 saturated carbocycles. The number of likely N-dealkylation sites (tertiary alicyclic amines) is 1. The second-order valence-corrected chi connectivity index (χ2v) is 10.2. The van der Waals surface area contributed by atoms with Crippen LogP contribution in [-0.4, -0.2) is 81.3 Å². The fourth-order valence-electron chi connectivity index (χ4n) is 7.58. The second kappa shape index (κ2) is 4.61. The number of piperidine rings is 2. The van der Waals surface area contributed by atoms with Crippen molar-refractivity contribution in [2.75, 3.05) is 20.6 Å². The second-order valence-electron chi connectivity index (χ2n) is 10.2. The van der Waals surface area contributed by atoms with Crippen LogP contribution in [0.3, 0.4) is 0 Å². The van der Waals surface area contributed by atoms with Gasteiger partial charge < -0.3 is 19.8 Å². The van der Waals surface area contributed by atoms with Gasteiger partial charge in [-0.2, -0.15) is 0 Å². The summed E-state index contributed by atoms with van der Waals surface area (Å²) in [6, 6.07) is 0. The number of hydrogen-bond acceptors (Lipinski definition) is 5. The van der Waals surface area contributed by atoms with Crippen molar-refractivity contribution in [3.05, 3.63) is 0 Å². The van der Waals surface area contributed by atoms with Gasteiger partial charge in [-0.3, -0.25) is 19.2 Å². The SMILES string of the molecule is C[C@H]1CC(=O)N2C[C@]34C[C@]5(C(=O)C(O)N(C)C5=O)C(C)(C)[C@@H]3C[C@]12C(=O)N4C. The van der Waals surface area contributed by atoms with Crippen molar-refractivity contribution in [2.45, 2.75) is 57.3 Å². The van der Waals surface area contributed by atoms with Crippen LogP contribution >= 0.6 is 0 Å². The van der Waals surface area contributed by atoms with Crippen LogP contribution < -0.4 is 0 Å². The van der Waals surface area contributed by atoms with Gasteiger partial charge in [0.1, 0.15) is 11.0 Å². The van der Waals surface area contributed by atoms with E-state index >= 15 is 0 Å². The number of aliphatic hydroxyl groups excluding tert-OH is 1. The number of hydrogen-bond donors (Lipinski definition) is 1. The summed E-state index contributed by atoms with van der Waals surface area (Å²) in [7, 11) is 3.20. The molecule has 3 spiro atoms. The monoisotopic (exact) mass is 389 g/mol. The Bertz CT molecular complexity index is 848. The zero-order valence-electron chi connectivity index (χ0n) is 17.0. The number of Topliss-reactive ketones (excluding diaryl/α,β-unsaturated/α-hetero) is 1. The molecular weight excluding hydrogens is 362 g/mol. The van der Waals surface area contributed by atoms with Gasteiger partial charge in [0.05, 0.1) is 5.54 Å². The Labute approximate surface area is 163 Å². The molecule has 0 aromatic rings. The van der Waals surface area contributed by atoms with Crippen LogP contribution in [0.1, 0.15) is 40.0 Å². The molecule has 6 atom stereocenters. The molecule has 5 saturated heterocycles. The fraction of sp³-hybridized carbons (Fsp3) is 0.800. The summed E-state index contributed by atoms with van der Waals surface area (Å²) in [5, 5.41) is 10.4. The van der Waals surface area contributed by atoms with Crippen LogP contribution in [0.15, 0.2) is 0 Å². The number of nitrogens with zero attached hydrogens (tertiary/aromatic N) is 3. The van der Waals surface area contributed by atoms with Crippen molar-refractivity contribution in [1.82, 2.24) is 14.7 Å². The lowest BCUT2D eigenvalue weighted by Gasteiger charge is -2.64. The van der Waals surface area contributed by atoms with E-state index in [1.165, 1.54) is 7.05 Å². The maximum atomic E-state index is 13.5. The Kier molecular flexibility index (Phi) is 2.98. The number of ketones is 1. The molecule has 8 heteroatoms. The van der Waals surface area contributed by atoms with Crippen molar-refractivity contribution in [2.24, 2.45) is 22.7 Å². The molecular formula is C20H27N3O5. The number of amides is 3. The van der Waals surface area contributed by atoms with Gasteiger partial charge in [0.15, 0.2) is 12.0 Å². The topological polar surface area (TPSA) is 98.2 Å². The smallest absolute Gasteiger partial charge is 0.249 e. The van der Waals surface area contributed by atoms with Gasteiger partial charge >= 0.3 is 0 Å². The summed E-state index contributed by atoms with van der Waals surface area (Å²) >= 11 is 0. The number of likely N-dealkylation sites (N-methyl/N-ethyl adjacent to an activating group) is 2. The molecule has 1 aliphatic carbocycles. The Balaban J connectivity index is 1.74. The van der Waals surface area contributed by atoms with Gasteiger partial charge in [0, 0.05) is 27.1 Å². The van der Waals surface area contributed by atoms with E-state index in [-0.39, 0.29) is 36.0 Å². The number of carbonyl (C=O) groups excluding carboxylic acids is 4. The van der Waals surface area contributed by atoms with Gasteiger partial charge in [0.25, 0.3) is 0 Å². The Morgan fingerprint density at radius 1 is 1.07 bits per heavy atom. The first-order chi connectivity index (χ1) is 12.9. The maximum absolute atomic E-state index is 13.5. The molecule has 0 aromatic heterocycles. The average molecular weight is 389 g/mol. The van der Waals surface area contributed by atoms with E-state index < -0.39 is 33.9 Å². The van der Waals surface area contributed by atoms with Crippen LogP contribution in [0.2, 0.25) is 0 Å². The van der Waals surface area contributed by atoms with Crippen molar-refractivity contribution in [3.8, 4) is 0 Å². The van der Waals surface area contributed by atoms with Crippen LogP contribution in [0.25, 0.3) is 0 Å². The van der Waals surface area contributed by atoms with Crippen molar-refractivity contribution >= 4 is 23.5 Å². The molecule has 3 amide bonds. The van der Waals surface area contributed by atoms with Crippen LogP contribution in [-0.2, 0) is 19.2 Å². The van der Waals surface area contributed by atoms with E-state index in [2.05, 4.69) is 0 Å². The standard InChI is InChI=1S/C20H27N3O5/c1-10-6-12(24)23-9-18-8-19(13(25)14(26)21(4)15(19)27)17(2,3)11(18)7-20(10,23)16(28)22(18)5/h10-11,14,26H,6-9H2,1-5H3/t10-,11-,14?,18+,19+,20+/m0/s1. The number of fused-ring (bicyclic) bond motifs is 1. The summed E-state index contributed by atoms with van der Waals surface area (Å²) in [5.41, 5.74) is -3.77. The largest absolute Gasteiger partial charge is 0.367 e. The minimum absolute atomic E-state index is 0.0215. The number of rotatable bonds is 0. The Morgan fingerprint density at radius 2 is 1.71 bits per heavy atom. The van der Waals surface area contributed by atoms with E-state index in [0.717, 1.165) is 4.90 Å². The first kappa shape index (κ1) is 18.1. The Morgan fingerprint density at radius 3 is 2.29 bits per heavy atom. The van der Waals surface area contributed by atoms with Crippen LogP contribution in [0.5, 0.6) is 0 Å². The molecule has 8 nitrogen and oxygen atoms in total. The first-order valence-corrected chi connectivity index (χ1v) is 9.98. The molecule has 6 fully saturated rings. The minimum Gasteiger partial charge on any atom is -0.367 e. The summed E-state index contributed by atoms with van der Waals surface area (Å²) in [5.74, 6) is -1.17. The summed E-state index contributed by atoms with van der Waals surface area (Å²) < 4.78 is 0. The molecule has 5 heterocycles. The van der Waals surface area contributed by atoms with Crippen molar-refractivity contribution in [3.63, 3.8) is 0 Å². The molecule has 1 N–H and O–H groups in total. The average Bonchev–Trinajstić information content (AvgIpc) is 3.08. The van der Waals surface area contributed by atoms with Gasteiger partial charge in [-0.25, -0.2) is 0 Å². The maximum Gasteiger partial charge on any atom is 0.249 e. The quantitative estimate of drug-likeness (QED) is 0.569. The molecule has 5 aliphatic heterocycles. The van der Waals surface area contributed by atoms with Crippen LogP contribution in [0, 0.1) is 22.7 Å². The molecule has 2 bridgehead atoms. The van der Waals surface area contributed by atoms with Crippen molar-refractivity contribution in [1.29, 1.82) is 0 Å². The molecule has 1 unspecified atom stereocenters. The molecule has 6 aliphatic rings. The number of piperazine rings is 1. The van der Waals surface area contributed by atoms with E-state index in [0.29, 0.717) is 19.4 Å². The predicted octanol–water partition coefficient (Wildman–Crippen LogP) is -0.400. The zero-order valence-corrected chi connectivity index (χ0v) is 17.0. The van der Waals surface area contributed by atoms with Gasteiger partial charge in [-0.05, 0) is 30.1 Å². The lowest BCUT2D eigenvalue weighted by Crippen LogP contribution is -2.80. The third kappa shape index (κ3) is 1.41. The zero-order chi connectivity index (χ0) is 20.6. The minimum atomic E-state index is -1.46. The predicted molar refractivity (Wildman–Crippen MR) is 96.4 cm³/mol. The normalized spacial score (nSPS) is 48.9.